The number of benzene rings is 3. The topological polar surface area (TPSA) is 66.2 Å². The molecular formula is C26H22N3O3P. The molecule has 5 rings (SSSR count). The molecule has 7 heteroatoms. The molecule has 0 N–H and O–H groups in total. The van der Waals surface area contributed by atoms with Gasteiger partial charge in [-0.3, -0.25) is 0 Å². The highest BCUT2D eigenvalue weighted by molar-refractivity contribution is 7.63. The Morgan fingerprint density at radius 1 is 0.788 bits per heavy atom. The third-order valence-corrected chi connectivity index (χ3v) is 6.98. The number of para-hydroxylation sites is 2. The zero-order valence-corrected chi connectivity index (χ0v) is 18.9. The second kappa shape index (κ2) is 8.93. The molecule has 0 saturated carbocycles. The smallest absolute Gasteiger partial charge is 0.413 e. The van der Waals surface area contributed by atoms with Gasteiger partial charge in [-0.1, -0.05) is 48.5 Å². The SMILES string of the molecule is Cc1ccc2ncn(Cc3ccc(P(=O)(Oc4ccccc4)Oc4ccccc4)cc3)c2n1. The standard InChI is InChI=1S/C26H22N3O3P/c1-20-12-17-25-26(28-20)29(19-27-25)18-21-13-15-24(16-14-21)33(30,31-22-8-4-2-5-9-22)32-23-10-6-3-7-11-23/h2-17,19H,18H2,1H3. The number of fused-ring (bicyclic) bond motifs is 1. The number of rotatable bonds is 7. The van der Waals surface area contributed by atoms with Crippen molar-refractivity contribution in [2.24, 2.45) is 0 Å². The fraction of sp³-hybridized carbons (Fsp3) is 0.0769. The molecule has 0 unspecified atom stereocenters. The summed E-state index contributed by atoms with van der Waals surface area (Å²) in [5, 5.41) is 0.475. The van der Waals surface area contributed by atoms with Gasteiger partial charge in [-0.15, -0.1) is 0 Å². The molecule has 0 aliphatic carbocycles. The molecule has 0 amide bonds. The van der Waals surface area contributed by atoms with Crippen molar-refractivity contribution in [1.29, 1.82) is 0 Å². The molecule has 5 aromatic rings. The van der Waals surface area contributed by atoms with Crippen molar-refractivity contribution in [3.63, 3.8) is 0 Å². The Kier molecular flexibility index (Phi) is 5.68. The van der Waals surface area contributed by atoms with Crippen molar-refractivity contribution in [2.45, 2.75) is 13.5 Å². The van der Waals surface area contributed by atoms with Crippen molar-refractivity contribution in [2.75, 3.05) is 0 Å². The van der Waals surface area contributed by atoms with Gasteiger partial charge in [0.1, 0.15) is 17.0 Å². The molecular weight excluding hydrogens is 433 g/mol. The van der Waals surface area contributed by atoms with Gasteiger partial charge in [0, 0.05) is 5.69 Å². The van der Waals surface area contributed by atoms with E-state index in [4.69, 9.17) is 9.05 Å². The van der Waals surface area contributed by atoms with Crippen LogP contribution in [-0.4, -0.2) is 14.5 Å². The Hall–Kier alpha value is -3.89. The quantitative estimate of drug-likeness (QED) is 0.292. The van der Waals surface area contributed by atoms with Gasteiger partial charge in [0.15, 0.2) is 5.65 Å². The molecule has 6 nitrogen and oxygen atoms in total. The largest absolute Gasteiger partial charge is 0.462 e. The molecule has 0 fully saturated rings. The number of hydrogen-bond donors (Lipinski definition) is 0. The van der Waals surface area contributed by atoms with E-state index in [9.17, 15) is 4.57 Å². The minimum atomic E-state index is -3.68. The van der Waals surface area contributed by atoms with E-state index in [1.165, 1.54) is 0 Å². The van der Waals surface area contributed by atoms with Crippen LogP contribution in [0.4, 0.5) is 0 Å². The summed E-state index contributed by atoms with van der Waals surface area (Å²) in [5.41, 5.74) is 3.66. The maximum atomic E-state index is 13.9. The monoisotopic (exact) mass is 455 g/mol. The van der Waals surface area contributed by atoms with Gasteiger partial charge in [0.05, 0.1) is 18.2 Å². The molecule has 0 bridgehead atoms. The lowest BCUT2D eigenvalue weighted by molar-refractivity contribution is 0.399. The van der Waals surface area contributed by atoms with E-state index in [1.54, 1.807) is 42.7 Å². The number of hydrogen-bond acceptors (Lipinski definition) is 5. The van der Waals surface area contributed by atoms with Crippen LogP contribution in [0.15, 0.2) is 103 Å². The average molecular weight is 455 g/mol. The minimum Gasteiger partial charge on any atom is -0.413 e. The van der Waals surface area contributed by atoms with Gasteiger partial charge in [-0.2, -0.15) is 0 Å². The normalized spacial score (nSPS) is 11.4. The fourth-order valence-corrected chi connectivity index (χ4v) is 5.06. The van der Waals surface area contributed by atoms with Crippen LogP contribution >= 0.6 is 7.60 Å². The molecule has 0 aliphatic heterocycles. The summed E-state index contributed by atoms with van der Waals surface area (Å²) < 4.78 is 27.8. The summed E-state index contributed by atoms with van der Waals surface area (Å²) in [4.78, 5) is 9.02. The summed E-state index contributed by atoms with van der Waals surface area (Å²) in [6, 6.07) is 29.5. The summed E-state index contributed by atoms with van der Waals surface area (Å²) >= 11 is 0. The summed E-state index contributed by atoms with van der Waals surface area (Å²) in [5.74, 6) is 0.958. The zero-order chi connectivity index (χ0) is 22.7. The maximum absolute atomic E-state index is 13.9. The van der Waals surface area contributed by atoms with E-state index >= 15 is 0 Å². The molecule has 164 valence electrons. The van der Waals surface area contributed by atoms with Crippen molar-refractivity contribution in [1.82, 2.24) is 14.5 Å². The van der Waals surface area contributed by atoms with Gasteiger partial charge in [-0.25, -0.2) is 14.5 Å². The number of nitrogens with zero attached hydrogens (tertiary/aromatic N) is 3. The van der Waals surface area contributed by atoms with E-state index < -0.39 is 7.60 Å². The molecule has 0 spiro atoms. The Morgan fingerprint density at radius 3 is 2.00 bits per heavy atom. The van der Waals surface area contributed by atoms with E-state index in [0.29, 0.717) is 23.3 Å². The van der Waals surface area contributed by atoms with Crippen molar-refractivity contribution in [3.05, 3.63) is 115 Å². The lowest BCUT2D eigenvalue weighted by atomic mass is 10.2. The van der Waals surface area contributed by atoms with Crippen LogP contribution < -0.4 is 14.4 Å². The first-order valence-electron chi connectivity index (χ1n) is 10.6. The highest BCUT2D eigenvalue weighted by atomic mass is 31.2. The van der Waals surface area contributed by atoms with Crippen LogP contribution in [0.2, 0.25) is 0 Å². The third-order valence-electron chi connectivity index (χ3n) is 5.15. The first-order valence-corrected chi connectivity index (χ1v) is 12.1. The number of imidazole rings is 1. The summed E-state index contributed by atoms with van der Waals surface area (Å²) in [6.07, 6.45) is 1.78. The first-order chi connectivity index (χ1) is 16.1. The van der Waals surface area contributed by atoms with E-state index in [-0.39, 0.29) is 0 Å². The molecule has 33 heavy (non-hydrogen) atoms. The summed E-state index contributed by atoms with van der Waals surface area (Å²) in [7, 11) is -3.68. The summed E-state index contributed by atoms with van der Waals surface area (Å²) in [6.45, 7) is 2.55. The van der Waals surface area contributed by atoms with Crippen LogP contribution in [-0.2, 0) is 11.1 Å². The average Bonchev–Trinajstić information content (AvgIpc) is 3.22. The van der Waals surface area contributed by atoms with Gasteiger partial charge in [-0.05, 0) is 61.0 Å². The number of pyridine rings is 1. The van der Waals surface area contributed by atoms with E-state index in [2.05, 4.69) is 9.97 Å². The van der Waals surface area contributed by atoms with Crippen LogP contribution in [0.5, 0.6) is 11.5 Å². The Balaban J connectivity index is 1.44. The molecule has 0 radical (unpaired) electrons. The molecule has 0 saturated heterocycles. The second-order valence-corrected chi connectivity index (χ2v) is 9.52. The number of aryl methyl sites for hydroxylation is 1. The lowest BCUT2D eigenvalue weighted by Crippen LogP contribution is -2.15. The van der Waals surface area contributed by atoms with Gasteiger partial charge >= 0.3 is 7.60 Å². The van der Waals surface area contributed by atoms with Crippen LogP contribution in [0, 0.1) is 6.92 Å². The van der Waals surface area contributed by atoms with Crippen LogP contribution in [0.25, 0.3) is 11.2 Å². The van der Waals surface area contributed by atoms with Crippen molar-refractivity contribution >= 4 is 24.1 Å². The Bertz CT molecular complexity index is 1370. The third kappa shape index (κ3) is 4.66. The molecule has 0 atom stereocenters. The van der Waals surface area contributed by atoms with E-state index in [0.717, 1.165) is 22.4 Å². The highest BCUT2D eigenvalue weighted by Gasteiger charge is 2.31. The highest BCUT2D eigenvalue weighted by Crippen LogP contribution is 2.47. The fourth-order valence-electron chi connectivity index (χ4n) is 3.49. The maximum Gasteiger partial charge on any atom is 0.462 e. The number of aromatic nitrogens is 3. The minimum absolute atomic E-state index is 0.475. The first kappa shape index (κ1) is 21.0. The van der Waals surface area contributed by atoms with Gasteiger partial charge in [0.25, 0.3) is 0 Å². The van der Waals surface area contributed by atoms with Crippen LogP contribution in [0.3, 0.4) is 0 Å². The lowest BCUT2D eigenvalue weighted by Gasteiger charge is -2.20. The molecule has 0 aliphatic rings. The van der Waals surface area contributed by atoms with E-state index in [1.807, 2.05) is 72.2 Å². The van der Waals surface area contributed by atoms with Crippen LogP contribution in [0.1, 0.15) is 11.3 Å². The van der Waals surface area contributed by atoms with Gasteiger partial charge in [0.2, 0.25) is 0 Å². The second-order valence-electron chi connectivity index (χ2n) is 7.64. The molecule has 3 aromatic carbocycles. The van der Waals surface area contributed by atoms with Gasteiger partial charge < -0.3 is 13.6 Å². The molecule has 2 heterocycles. The zero-order valence-electron chi connectivity index (χ0n) is 18.0. The van der Waals surface area contributed by atoms with Crippen molar-refractivity contribution in [3.8, 4) is 11.5 Å². The van der Waals surface area contributed by atoms with Crippen molar-refractivity contribution < 1.29 is 13.6 Å². The predicted octanol–water partition coefficient (Wildman–Crippen LogP) is 5.76. The molecule has 2 aromatic heterocycles. The Labute approximate surface area is 192 Å². The Morgan fingerprint density at radius 2 is 1.39 bits per heavy atom. The predicted molar refractivity (Wildman–Crippen MR) is 129 cm³/mol.